The lowest BCUT2D eigenvalue weighted by Gasteiger charge is -2.08. The smallest absolute Gasteiger partial charge is 0.0969 e. The normalized spacial score (nSPS) is 12.6. The van der Waals surface area contributed by atoms with Gasteiger partial charge in [-0.2, -0.15) is 15.0 Å². The molecule has 17 heavy (non-hydrogen) atoms. The molecule has 0 saturated heterocycles. The molecule has 1 heterocycles. The molecule has 1 aromatic carbocycles. The van der Waals surface area contributed by atoms with Crippen molar-refractivity contribution >= 4 is 0 Å². The van der Waals surface area contributed by atoms with E-state index in [2.05, 4.69) is 15.5 Å². The van der Waals surface area contributed by atoms with Crippen molar-refractivity contribution in [3.05, 3.63) is 42.2 Å². The number of hydrogen-bond acceptors (Lipinski definition) is 4. The van der Waals surface area contributed by atoms with Gasteiger partial charge in [0, 0.05) is 19.1 Å². The van der Waals surface area contributed by atoms with E-state index >= 15 is 0 Å². The average molecular weight is 231 g/mol. The van der Waals surface area contributed by atoms with Gasteiger partial charge in [0.15, 0.2) is 0 Å². The predicted molar refractivity (Wildman–Crippen MR) is 66.7 cm³/mol. The van der Waals surface area contributed by atoms with Crippen molar-refractivity contribution in [2.75, 3.05) is 6.54 Å². The Balaban J connectivity index is 2.01. The lowest BCUT2D eigenvalue weighted by atomic mass is 10.3. The van der Waals surface area contributed by atoms with Crippen molar-refractivity contribution in [3.8, 4) is 5.69 Å². The van der Waals surface area contributed by atoms with Crippen LogP contribution in [0.4, 0.5) is 0 Å². The molecule has 3 N–H and O–H groups in total. The minimum Gasteiger partial charge on any atom is -0.329 e. The third-order valence-electron chi connectivity index (χ3n) is 2.51. The van der Waals surface area contributed by atoms with Gasteiger partial charge in [0.1, 0.15) is 0 Å². The molecule has 1 atom stereocenters. The first kappa shape index (κ1) is 11.8. The minimum absolute atomic E-state index is 0.289. The van der Waals surface area contributed by atoms with E-state index in [1.54, 1.807) is 11.0 Å². The van der Waals surface area contributed by atoms with Gasteiger partial charge in [-0.25, -0.2) is 0 Å². The monoisotopic (exact) mass is 231 g/mol. The zero-order valence-electron chi connectivity index (χ0n) is 9.87. The minimum atomic E-state index is 0.289. The molecule has 5 heteroatoms. The van der Waals surface area contributed by atoms with Crippen molar-refractivity contribution in [3.63, 3.8) is 0 Å². The van der Waals surface area contributed by atoms with Crippen LogP contribution in [0.3, 0.4) is 0 Å². The van der Waals surface area contributed by atoms with Crippen LogP contribution >= 0.6 is 0 Å². The Hall–Kier alpha value is -1.72. The van der Waals surface area contributed by atoms with Crippen LogP contribution in [0.1, 0.15) is 12.6 Å². The third-order valence-corrected chi connectivity index (χ3v) is 2.51. The van der Waals surface area contributed by atoms with Gasteiger partial charge in [-0.05, 0) is 19.1 Å². The standard InChI is InChI=1S/C12H17N5/c1-10(7-13)14-8-11-9-15-17(16-11)12-5-3-2-4-6-12/h2-6,9-10,14H,7-8,13H2,1H3/t10-/m1/s1. The molecule has 0 amide bonds. The maximum Gasteiger partial charge on any atom is 0.0969 e. The SMILES string of the molecule is C[C@H](CN)NCc1cnn(-c2ccccc2)n1. The van der Waals surface area contributed by atoms with Gasteiger partial charge in [0.2, 0.25) is 0 Å². The van der Waals surface area contributed by atoms with E-state index in [-0.39, 0.29) is 6.04 Å². The Morgan fingerprint density at radius 3 is 2.82 bits per heavy atom. The van der Waals surface area contributed by atoms with Crippen molar-refractivity contribution in [2.45, 2.75) is 19.5 Å². The summed E-state index contributed by atoms with van der Waals surface area (Å²) in [7, 11) is 0. The number of nitrogens with two attached hydrogens (primary N) is 1. The number of hydrogen-bond donors (Lipinski definition) is 2. The highest BCUT2D eigenvalue weighted by Crippen LogP contribution is 2.04. The summed E-state index contributed by atoms with van der Waals surface area (Å²) >= 11 is 0. The summed E-state index contributed by atoms with van der Waals surface area (Å²) in [5.41, 5.74) is 7.40. The van der Waals surface area contributed by atoms with Crippen molar-refractivity contribution < 1.29 is 0 Å². The molecule has 0 aliphatic carbocycles. The fraction of sp³-hybridized carbons (Fsp3) is 0.333. The maximum absolute atomic E-state index is 5.53. The number of nitrogens with one attached hydrogen (secondary N) is 1. The van der Waals surface area contributed by atoms with Gasteiger partial charge >= 0.3 is 0 Å². The summed E-state index contributed by atoms with van der Waals surface area (Å²) < 4.78 is 0. The summed E-state index contributed by atoms with van der Waals surface area (Å²) in [5, 5.41) is 11.9. The zero-order valence-corrected chi connectivity index (χ0v) is 9.87. The van der Waals surface area contributed by atoms with Crippen LogP contribution in [0.5, 0.6) is 0 Å². The Bertz CT molecular complexity index is 451. The van der Waals surface area contributed by atoms with E-state index in [9.17, 15) is 0 Å². The first-order valence-corrected chi connectivity index (χ1v) is 5.69. The molecule has 2 rings (SSSR count). The summed E-state index contributed by atoms with van der Waals surface area (Å²) in [6, 6.07) is 10.1. The van der Waals surface area contributed by atoms with Crippen LogP contribution in [0.2, 0.25) is 0 Å². The summed E-state index contributed by atoms with van der Waals surface area (Å²) in [6.07, 6.45) is 1.77. The zero-order chi connectivity index (χ0) is 12.1. The van der Waals surface area contributed by atoms with Crippen molar-refractivity contribution in [2.24, 2.45) is 5.73 Å². The second-order valence-electron chi connectivity index (χ2n) is 3.98. The Morgan fingerprint density at radius 1 is 1.35 bits per heavy atom. The van der Waals surface area contributed by atoms with E-state index < -0.39 is 0 Å². The molecule has 5 nitrogen and oxygen atoms in total. The summed E-state index contributed by atoms with van der Waals surface area (Å²) in [6.45, 7) is 3.35. The van der Waals surface area contributed by atoms with E-state index in [1.807, 2.05) is 37.3 Å². The average Bonchev–Trinajstić information content (AvgIpc) is 2.86. The first-order valence-electron chi connectivity index (χ1n) is 5.69. The molecule has 90 valence electrons. The Labute approximate surface area is 101 Å². The summed E-state index contributed by atoms with van der Waals surface area (Å²) in [4.78, 5) is 1.63. The molecule has 0 unspecified atom stereocenters. The van der Waals surface area contributed by atoms with E-state index in [1.165, 1.54) is 0 Å². The quantitative estimate of drug-likeness (QED) is 0.795. The molecule has 0 spiro atoms. The van der Waals surface area contributed by atoms with Gasteiger partial charge in [-0.1, -0.05) is 18.2 Å². The molecule has 0 fully saturated rings. The molecular formula is C12H17N5. The van der Waals surface area contributed by atoms with Gasteiger partial charge in [0.25, 0.3) is 0 Å². The molecular weight excluding hydrogens is 214 g/mol. The van der Waals surface area contributed by atoms with Gasteiger partial charge < -0.3 is 11.1 Å². The largest absolute Gasteiger partial charge is 0.329 e. The Morgan fingerprint density at radius 2 is 2.12 bits per heavy atom. The Kier molecular flexibility index (Phi) is 3.85. The summed E-state index contributed by atoms with van der Waals surface area (Å²) in [5.74, 6) is 0. The van der Waals surface area contributed by atoms with Crippen LogP contribution in [-0.2, 0) is 6.54 Å². The highest BCUT2D eigenvalue weighted by atomic mass is 15.5. The van der Waals surface area contributed by atoms with Crippen LogP contribution in [-0.4, -0.2) is 27.6 Å². The van der Waals surface area contributed by atoms with Crippen LogP contribution in [0, 0.1) is 0 Å². The number of aromatic nitrogens is 3. The lowest BCUT2D eigenvalue weighted by Crippen LogP contribution is -2.32. The van der Waals surface area contributed by atoms with E-state index in [0.717, 1.165) is 11.4 Å². The molecule has 0 radical (unpaired) electrons. The van der Waals surface area contributed by atoms with Gasteiger partial charge in [-0.15, -0.1) is 0 Å². The van der Waals surface area contributed by atoms with Crippen molar-refractivity contribution in [1.29, 1.82) is 0 Å². The van der Waals surface area contributed by atoms with Gasteiger partial charge in [0.05, 0.1) is 17.6 Å². The van der Waals surface area contributed by atoms with Crippen LogP contribution in [0.25, 0.3) is 5.69 Å². The topological polar surface area (TPSA) is 68.8 Å². The molecule has 0 aliphatic rings. The first-order chi connectivity index (χ1) is 8.29. The molecule has 0 aliphatic heterocycles. The van der Waals surface area contributed by atoms with Crippen molar-refractivity contribution in [1.82, 2.24) is 20.3 Å². The maximum atomic E-state index is 5.53. The molecule has 0 saturated carbocycles. The number of benzene rings is 1. The third kappa shape index (κ3) is 3.12. The fourth-order valence-electron chi connectivity index (χ4n) is 1.42. The number of nitrogens with zero attached hydrogens (tertiary/aromatic N) is 3. The second kappa shape index (κ2) is 5.56. The molecule has 1 aromatic heterocycles. The molecule has 2 aromatic rings. The molecule has 0 bridgehead atoms. The van der Waals surface area contributed by atoms with Crippen LogP contribution in [0.15, 0.2) is 36.5 Å². The highest BCUT2D eigenvalue weighted by molar-refractivity contribution is 5.28. The van der Waals surface area contributed by atoms with Gasteiger partial charge in [-0.3, -0.25) is 0 Å². The predicted octanol–water partition coefficient (Wildman–Crippen LogP) is 0.704. The second-order valence-corrected chi connectivity index (χ2v) is 3.98. The fourth-order valence-corrected chi connectivity index (χ4v) is 1.42. The lowest BCUT2D eigenvalue weighted by molar-refractivity contribution is 0.548. The van der Waals surface area contributed by atoms with Crippen LogP contribution < -0.4 is 11.1 Å². The number of para-hydroxylation sites is 1. The highest BCUT2D eigenvalue weighted by Gasteiger charge is 2.03. The number of rotatable bonds is 5. The van der Waals surface area contributed by atoms with E-state index in [0.29, 0.717) is 13.1 Å². The van der Waals surface area contributed by atoms with E-state index in [4.69, 9.17) is 5.73 Å².